The van der Waals surface area contributed by atoms with Gasteiger partial charge in [0.2, 0.25) is 0 Å². The van der Waals surface area contributed by atoms with Crippen LogP contribution in [0, 0.1) is 0 Å². The minimum absolute atomic E-state index is 0.0823. The van der Waals surface area contributed by atoms with E-state index in [1.54, 1.807) is 59.5 Å². The number of nitrogens with zero attached hydrogens (tertiary/aromatic N) is 4. The molecule has 0 radical (unpaired) electrons. The lowest BCUT2D eigenvalue weighted by molar-refractivity contribution is 0.0742. The van der Waals surface area contributed by atoms with Crippen molar-refractivity contribution >= 4 is 5.91 Å². The number of hydrogen-bond acceptors (Lipinski definition) is 4. The molecule has 24 heavy (non-hydrogen) atoms. The summed E-state index contributed by atoms with van der Waals surface area (Å²) in [7, 11) is 1.75. The third-order valence-corrected chi connectivity index (χ3v) is 4.09. The number of carbonyl (C=O) groups excluding carboxylic acids is 1. The van der Waals surface area contributed by atoms with Crippen LogP contribution in [-0.2, 0) is 0 Å². The summed E-state index contributed by atoms with van der Waals surface area (Å²) in [4.78, 5) is 14.3. The van der Waals surface area contributed by atoms with Crippen molar-refractivity contribution in [2.45, 2.75) is 13.0 Å². The van der Waals surface area contributed by atoms with Crippen LogP contribution in [-0.4, -0.2) is 37.7 Å². The first kappa shape index (κ1) is 15.7. The van der Waals surface area contributed by atoms with Gasteiger partial charge < -0.3 is 10.0 Å². The summed E-state index contributed by atoms with van der Waals surface area (Å²) < 4.78 is 1.77. The zero-order valence-corrected chi connectivity index (χ0v) is 13.5. The maximum atomic E-state index is 12.7. The second kappa shape index (κ2) is 6.54. The van der Waals surface area contributed by atoms with E-state index < -0.39 is 0 Å². The van der Waals surface area contributed by atoms with Crippen LogP contribution in [0.4, 0.5) is 0 Å². The van der Waals surface area contributed by atoms with Gasteiger partial charge in [-0.25, -0.2) is 0 Å². The molecule has 122 valence electrons. The predicted molar refractivity (Wildman–Crippen MR) is 90.0 cm³/mol. The van der Waals surface area contributed by atoms with Crippen LogP contribution in [0.25, 0.3) is 5.69 Å². The normalized spacial score (nSPS) is 11.9. The van der Waals surface area contributed by atoms with Crippen molar-refractivity contribution in [2.75, 3.05) is 7.05 Å². The molecule has 0 aliphatic heterocycles. The molecule has 1 amide bonds. The molecule has 1 atom stereocenters. The lowest BCUT2D eigenvalue weighted by Gasteiger charge is -2.25. The third-order valence-electron chi connectivity index (χ3n) is 4.09. The molecule has 0 aliphatic carbocycles. The fourth-order valence-corrected chi connectivity index (χ4v) is 2.50. The van der Waals surface area contributed by atoms with Crippen molar-refractivity contribution in [3.63, 3.8) is 0 Å². The summed E-state index contributed by atoms with van der Waals surface area (Å²) in [6, 6.07) is 14.1. The quantitative estimate of drug-likeness (QED) is 0.802. The molecule has 6 heteroatoms. The van der Waals surface area contributed by atoms with Gasteiger partial charge in [-0.1, -0.05) is 12.1 Å². The highest BCUT2D eigenvalue weighted by Crippen LogP contribution is 2.24. The van der Waals surface area contributed by atoms with Crippen LogP contribution in [0.3, 0.4) is 0 Å². The maximum absolute atomic E-state index is 12.7. The smallest absolute Gasteiger partial charge is 0.254 e. The first-order valence-corrected chi connectivity index (χ1v) is 7.57. The van der Waals surface area contributed by atoms with E-state index in [1.165, 1.54) is 0 Å². The van der Waals surface area contributed by atoms with Crippen molar-refractivity contribution in [1.29, 1.82) is 0 Å². The Morgan fingerprint density at radius 3 is 2.42 bits per heavy atom. The highest BCUT2D eigenvalue weighted by Gasteiger charge is 2.19. The highest BCUT2D eigenvalue weighted by molar-refractivity contribution is 5.94. The minimum atomic E-state index is -0.151. The van der Waals surface area contributed by atoms with Gasteiger partial charge in [-0.05, 0) is 48.9 Å². The molecule has 3 rings (SSSR count). The number of carbonyl (C=O) groups is 1. The zero-order chi connectivity index (χ0) is 17.1. The Hall–Kier alpha value is -3.15. The SMILES string of the molecule is C[C@@H](c1cccc(O)c1)N(C)C(=O)c1ccc(-n2cnnc2)cc1. The Bertz CT molecular complexity index is 828. The highest BCUT2D eigenvalue weighted by atomic mass is 16.3. The fraction of sp³-hybridized carbons (Fsp3) is 0.167. The molecule has 0 aliphatic rings. The van der Waals surface area contributed by atoms with Gasteiger partial charge in [0.15, 0.2) is 0 Å². The lowest BCUT2D eigenvalue weighted by atomic mass is 10.1. The number of phenols is 1. The molecular formula is C18H18N4O2. The van der Waals surface area contributed by atoms with Crippen LogP contribution in [0.2, 0.25) is 0 Å². The van der Waals surface area contributed by atoms with Crippen molar-refractivity contribution in [2.24, 2.45) is 0 Å². The minimum Gasteiger partial charge on any atom is -0.508 e. The number of aromatic hydroxyl groups is 1. The van der Waals surface area contributed by atoms with Crippen molar-refractivity contribution in [3.8, 4) is 11.4 Å². The largest absolute Gasteiger partial charge is 0.508 e. The Morgan fingerprint density at radius 2 is 1.79 bits per heavy atom. The molecule has 0 saturated heterocycles. The van der Waals surface area contributed by atoms with E-state index in [0.29, 0.717) is 5.56 Å². The molecule has 1 N–H and O–H groups in total. The van der Waals surface area contributed by atoms with Gasteiger partial charge in [0.25, 0.3) is 5.91 Å². The second-order valence-corrected chi connectivity index (χ2v) is 5.60. The number of amides is 1. The summed E-state index contributed by atoms with van der Waals surface area (Å²) in [5, 5.41) is 17.1. The van der Waals surface area contributed by atoms with Crippen LogP contribution in [0.15, 0.2) is 61.2 Å². The first-order valence-electron chi connectivity index (χ1n) is 7.57. The third kappa shape index (κ3) is 3.12. The fourth-order valence-electron chi connectivity index (χ4n) is 2.50. The van der Waals surface area contributed by atoms with Crippen molar-refractivity contribution in [1.82, 2.24) is 19.7 Å². The van der Waals surface area contributed by atoms with Gasteiger partial charge in [-0.15, -0.1) is 10.2 Å². The maximum Gasteiger partial charge on any atom is 0.254 e. The van der Waals surface area contributed by atoms with Crippen LogP contribution < -0.4 is 0 Å². The molecule has 0 fully saturated rings. The molecule has 1 aromatic heterocycles. The van der Waals surface area contributed by atoms with Gasteiger partial charge in [-0.2, -0.15) is 0 Å². The topological polar surface area (TPSA) is 71.2 Å². The van der Waals surface area contributed by atoms with E-state index in [4.69, 9.17) is 0 Å². The number of aromatic nitrogens is 3. The van der Waals surface area contributed by atoms with Gasteiger partial charge in [0.05, 0.1) is 6.04 Å². The molecule has 6 nitrogen and oxygen atoms in total. The van der Waals surface area contributed by atoms with Gasteiger partial charge in [0.1, 0.15) is 18.4 Å². The molecule has 2 aromatic carbocycles. The van der Waals surface area contributed by atoms with Gasteiger partial charge >= 0.3 is 0 Å². The average molecular weight is 322 g/mol. The summed E-state index contributed by atoms with van der Waals surface area (Å²) in [5.41, 5.74) is 2.37. The Kier molecular flexibility index (Phi) is 4.29. The van der Waals surface area contributed by atoms with E-state index in [2.05, 4.69) is 10.2 Å². The summed E-state index contributed by atoms with van der Waals surface area (Å²) in [6.07, 6.45) is 3.21. The standard InChI is InChI=1S/C18H18N4O2/c1-13(15-4-3-5-17(23)10-15)21(2)18(24)14-6-8-16(9-7-14)22-11-19-20-12-22/h3-13,23H,1-2H3/t13-/m0/s1. The van der Waals surface area contributed by atoms with Crippen molar-refractivity contribution < 1.29 is 9.90 Å². The van der Waals surface area contributed by atoms with E-state index in [-0.39, 0.29) is 17.7 Å². The van der Waals surface area contributed by atoms with E-state index in [1.807, 2.05) is 25.1 Å². The predicted octanol–water partition coefficient (Wildman–Crippen LogP) is 2.81. The van der Waals surface area contributed by atoms with E-state index in [9.17, 15) is 9.90 Å². The number of rotatable bonds is 4. The molecule has 0 saturated carbocycles. The van der Waals surface area contributed by atoms with E-state index in [0.717, 1.165) is 11.3 Å². The average Bonchev–Trinajstić information content (AvgIpc) is 3.14. The van der Waals surface area contributed by atoms with Gasteiger partial charge in [0, 0.05) is 18.3 Å². The van der Waals surface area contributed by atoms with Crippen LogP contribution >= 0.6 is 0 Å². The molecule has 0 bridgehead atoms. The van der Waals surface area contributed by atoms with Crippen LogP contribution in [0.1, 0.15) is 28.9 Å². The molecule has 1 heterocycles. The Balaban J connectivity index is 1.78. The molecular weight excluding hydrogens is 304 g/mol. The van der Waals surface area contributed by atoms with Gasteiger partial charge in [-0.3, -0.25) is 9.36 Å². The zero-order valence-electron chi connectivity index (χ0n) is 13.5. The number of phenolic OH excluding ortho intramolecular Hbond substituents is 1. The Labute approximate surface area is 140 Å². The van der Waals surface area contributed by atoms with Crippen LogP contribution in [0.5, 0.6) is 5.75 Å². The Morgan fingerprint density at radius 1 is 1.12 bits per heavy atom. The summed E-state index contributed by atoms with van der Waals surface area (Å²) in [6.45, 7) is 1.93. The molecule has 0 unspecified atom stereocenters. The first-order chi connectivity index (χ1) is 11.6. The summed E-state index contributed by atoms with van der Waals surface area (Å²) in [5.74, 6) is 0.111. The summed E-state index contributed by atoms with van der Waals surface area (Å²) >= 11 is 0. The lowest BCUT2D eigenvalue weighted by Crippen LogP contribution is -2.29. The van der Waals surface area contributed by atoms with Crippen molar-refractivity contribution in [3.05, 3.63) is 72.3 Å². The second-order valence-electron chi connectivity index (χ2n) is 5.60. The number of hydrogen-bond donors (Lipinski definition) is 1. The monoisotopic (exact) mass is 322 g/mol. The van der Waals surface area contributed by atoms with E-state index >= 15 is 0 Å². The molecule has 0 spiro atoms. The molecule has 3 aromatic rings. The number of benzene rings is 2.